The number of hydrogen-bond acceptors (Lipinski definition) is 12. The number of aliphatic hydroxyl groups excluding tert-OH is 4. The summed E-state index contributed by atoms with van der Waals surface area (Å²) in [4.78, 5) is 55.4. The van der Waals surface area contributed by atoms with Crippen LogP contribution < -0.4 is 10.6 Å². The summed E-state index contributed by atoms with van der Waals surface area (Å²) in [5.41, 5.74) is 0. The molecule has 0 aliphatic carbocycles. The molecule has 2 amide bonds. The molecule has 6 unspecified atom stereocenters. The molecule has 1 heterocycles. The molecule has 1 aliphatic rings. The zero-order valence-corrected chi connectivity index (χ0v) is 45.3. The highest BCUT2D eigenvalue weighted by atomic mass is 16.5. The molecule has 412 valence electrons. The number of carbonyl (C=O) groups excluding carboxylic acids is 4. The highest BCUT2D eigenvalue weighted by molar-refractivity contribution is 5.96. The second kappa shape index (κ2) is 45.3. The average molecular weight is 997 g/mol. The summed E-state index contributed by atoms with van der Waals surface area (Å²) in [6.07, 6.45) is 30.2. The van der Waals surface area contributed by atoms with Crippen LogP contribution in [0.2, 0.25) is 0 Å². The highest BCUT2D eigenvalue weighted by Gasteiger charge is 2.33. The van der Waals surface area contributed by atoms with E-state index in [1.54, 1.807) is 0 Å². The number of carbonyl (C=O) groups is 4. The van der Waals surface area contributed by atoms with E-state index in [4.69, 9.17) is 9.47 Å². The third-order valence-corrected chi connectivity index (χ3v) is 13.8. The number of unbranched alkanes of at least 4 members (excludes halogenated alkanes) is 20. The molecular formula is C56H108N4O10. The zero-order valence-electron chi connectivity index (χ0n) is 45.3. The van der Waals surface area contributed by atoms with E-state index in [2.05, 4.69) is 48.1 Å². The fourth-order valence-corrected chi connectivity index (χ4v) is 9.41. The van der Waals surface area contributed by atoms with Gasteiger partial charge in [-0.3, -0.25) is 29.0 Å². The maximum atomic E-state index is 12.9. The number of rotatable bonds is 50. The van der Waals surface area contributed by atoms with E-state index >= 15 is 0 Å². The van der Waals surface area contributed by atoms with E-state index < -0.39 is 48.4 Å². The summed E-state index contributed by atoms with van der Waals surface area (Å²) < 4.78 is 10.9. The van der Waals surface area contributed by atoms with Gasteiger partial charge in [0.2, 0.25) is 11.8 Å². The van der Waals surface area contributed by atoms with E-state index in [0.29, 0.717) is 52.1 Å². The first-order chi connectivity index (χ1) is 33.9. The van der Waals surface area contributed by atoms with Crippen molar-refractivity contribution in [1.29, 1.82) is 0 Å². The Kier molecular flexibility index (Phi) is 42.5. The van der Waals surface area contributed by atoms with Gasteiger partial charge in [-0.25, -0.2) is 0 Å². The van der Waals surface area contributed by atoms with Gasteiger partial charge in [-0.2, -0.15) is 0 Å². The van der Waals surface area contributed by atoms with Gasteiger partial charge < -0.3 is 40.5 Å². The molecule has 0 aromatic rings. The van der Waals surface area contributed by atoms with Gasteiger partial charge in [-0.1, -0.05) is 182 Å². The Morgan fingerprint density at radius 3 is 0.957 bits per heavy atom. The number of amides is 2. The maximum absolute atomic E-state index is 12.9. The normalized spacial score (nSPS) is 16.8. The Labute approximate surface area is 426 Å². The summed E-state index contributed by atoms with van der Waals surface area (Å²) in [6, 6.07) is -1.71. The van der Waals surface area contributed by atoms with Gasteiger partial charge in [-0.15, -0.1) is 0 Å². The summed E-state index contributed by atoms with van der Waals surface area (Å²) in [5.74, 6) is -1.59. The number of hydrogen-bond donors (Lipinski definition) is 6. The van der Waals surface area contributed by atoms with E-state index in [1.807, 2.05) is 0 Å². The lowest BCUT2D eigenvalue weighted by Gasteiger charge is -2.29. The average Bonchev–Trinajstić information content (AvgIpc) is 3.32. The van der Waals surface area contributed by atoms with Crippen LogP contribution in [-0.4, -0.2) is 143 Å². The Hall–Kier alpha value is -2.36. The van der Waals surface area contributed by atoms with E-state index in [-0.39, 0.29) is 50.7 Å². The second-order valence-electron chi connectivity index (χ2n) is 20.7. The summed E-state index contributed by atoms with van der Waals surface area (Å²) in [5, 5.41) is 48.8. The third kappa shape index (κ3) is 37.4. The lowest BCUT2D eigenvalue weighted by Crippen LogP contribution is -2.62. The Bertz CT molecular complexity index is 1140. The molecule has 6 N–H and O–H groups in total. The van der Waals surface area contributed by atoms with Crippen molar-refractivity contribution in [1.82, 2.24) is 20.4 Å². The third-order valence-electron chi connectivity index (χ3n) is 13.8. The predicted octanol–water partition coefficient (Wildman–Crippen LogP) is 9.45. The Morgan fingerprint density at radius 1 is 0.429 bits per heavy atom. The first-order valence-corrected chi connectivity index (χ1v) is 29.0. The number of nitrogens with zero attached hydrogens (tertiary/aromatic N) is 2. The van der Waals surface area contributed by atoms with E-state index in [9.17, 15) is 39.6 Å². The molecule has 0 saturated carbocycles. The van der Waals surface area contributed by atoms with Crippen LogP contribution in [0, 0.1) is 0 Å². The molecule has 0 aromatic heterocycles. The van der Waals surface area contributed by atoms with Crippen LogP contribution in [0.4, 0.5) is 0 Å². The van der Waals surface area contributed by atoms with Crippen LogP contribution in [0.3, 0.4) is 0 Å². The number of ether oxygens (including phenoxy) is 2. The monoisotopic (exact) mass is 997 g/mol. The minimum atomic E-state index is -0.854. The van der Waals surface area contributed by atoms with Crippen molar-refractivity contribution in [3.05, 3.63) is 0 Å². The summed E-state index contributed by atoms with van der Waals surface area (Å²) in [7, 11) is 0. The summed E-state index contributed by atoms with van der Waals surface area (Å²) >= 11 is 0. The van der Waals surface area contributed by atoms with Crippen molar-refractivity contribution < 1.29 is 49.1 Å². The summed E-state index contributed by atoms with van der Waals surface area (Å²) in [6.45, 7) is 11.6. The Morgan fingerprint density at radius 2 is 0.686 bits per heavy atom. The molecule has 0 radical (unpaired) electrons. The lowest BCUT2D eigenvalue weighted by molar-refractivity contribution is -0.147. The zero-order chi connectivity index (χ0) is 51.5. The molecule has 1 aliphatic heterocycles. The van der Waals surface area contributed by atoms with Crippen molar-refractivity contribution in [2.75, 3.05) is 52.5 Å². The minimum Gasteiger partial charge on any atom is -0.466 e. The molecule has 0 spiro atoms. The topological polar surface area (TPSA) is 198 Å². The van der Waals surface area contributed by atoms with Crippen LogP contribution in [-0.2, 0) is 28.7 Å². The molecule has 1 fully saturated rings. The highest BCUT2D eigenvalue weighted by Crippen LogP contribution is 2.16. The first kappa shape index (κ1) is 65.7. The van der Waals surface area contributed by atoms with E-state index in [0.717, 1.165) is 77.0 Å². The smallest absolute Gasteiger partial charge is 0.305 e. The molecule has 1 rings (SSSR count). The number of piperazine rings is 1. The lowest BCUT2D eigenvalue weighted by atomic mass is 10.1. The van der Waals surface area contributed by atoms with Crippen LogP contribution in [0.25, 0.3) is 0 Å². The molecule has 0 bridgehead atoms. The van der Waals surface area contributed by atoms with Gasteiger partial charge >= 0.3 is 11.9 Å². The number of aliphatic hydroxyl groups is 4. The SMILES string of the molecule is CCCCCCCCC(O)CN(CCCC(=O)OCCC1NC(=O)C(CCOC(=O)CCCN(CC(O)CCCCCCCC)CC(O)CCCCCCCC)NC1=O)CC(O)CCCCCCCC. The maximum Gasteiger partial charge on any atom is 0.305 e. The quantitative estimate of drug-likeness (QED) is 0.0250. The molecule has 14 heteroatoms. The van der Waals surface area contributed by atoms with Gasteiger partial charge in [0.05, 0.1) is 37.6 Å². The van der Waals surface area contributed by atoms with Gasteiger partial charge in [0.1, 0.15) is 12.1 Å². The van der Waals surface area contributed by atoms with Crippen molar-refractivity contribution in [2.45, 2.75) is 283 Å². The van der Waals surface area contributed by atoms with Crippen LogP contribution >= 0.6 is 0 Å². The molecule has 0 aromatic carbocycles. The van der Waals surface area contributed by atoms with Gasteiger partial charge in [0.15, 0.2) is 0 Å². The second-order valence-corrected chi connectivity index (χ2v) is 20.7. The predicted molar refractivity (Wildman–Crippen MR) is 282 cm³/mol. The van der Waals surface area contributed by atoms with E-state index in [1.165, 1.54) is 103 Å². The molecule has 70 heavy (non-hydrogen) atoms. The standard InChI is InChI=1S/C56H108N4O10/c1-5-9-13-17-21-25-31-47(61)43-59(44-48(62)32-26-22-18-14-10-6-2)39-29-35-53(65)69-41-37-51-55(67)58-52(56(68)57-51)38-42-70-54(66)36-30-40-60(45-49(63)33-27-23-19-15-11-7-3)46-50(64)34-28-24-20-16-12-8-4/h47-52,61-64H,5-46H2,1-4H3,(H,57,68)(H,58,67). The molecule has 1 saturated heterocycles. The van der Waals surface area contributed by atoms with Crippen LogP contribution in [0.5, 0.6) is 0 Å². The van der Waals surface area contributed by atoms with Crippen molar-refractivity contribution in [2.24, 2.45) is 0 Å². The molecular weight excluding hydrogens is 889 g/mol. The van der Waals surface area contributed by atoms with Gasteiger partial charge in [0.25, 0.3) is 0 Å². The minimum absolute atomic E-state index is 0.0370. The van der Waals surface area contributed by atoms with Crippen molar-refractivity contribution in [3.8, 4) is 0 Å². The van der Waals surface area contributed by atoms with Crippen molar-refractivity contribution in [3.63, 3.8) is 0 Å². The Balaban J connectivity index is 2.48. The number of esters is 2. The van der Waals surface area contributed by atoms with Crippen molar-refractivity contribution >= 4 is 23.8 Å². The fraction of sp³-hybridized carbons (Fsp3) is 0.929. The fourth-order valence-electron chi connectivity index (χ4n) is 9.41. The van der Waals surface area contributed by atoms with Gasteiger partial charge in [-0.05, 0) is 51.6 Å². The van der Waals surface area contributed by atoms with Crippen LogP contribution in [0.1, 0.15) is 246 Å². The van der Waals surface area contributed by atoms with Gasteiger partial charge in [0, 0.05) is 51.9 Å². The first-order valence-electron chi connectivity index (χ1n) is 29.0. The largest absolute Gasteiger partial charge is 0.466 e. The van der Waals surface area contributed by atoms with Crippen LogP contribution in [0.15, 0.2) is 0 Å². The molecule has 14 nitrogen and oxygen atoms in total. The number of nitrogens with one attached hydrogen (secondary N) is 2. The molecule has 6 atom stereocenters.